The number of carbonyl (C=O) groups excluding carboxylic acids is 1. The van der Waals surface area contributed by atoms with Crippen molar-refractivity contribution in [2.75, 3.05) is 6.61 Å². The van der Waals surface area contributed by atoms with Gasteiger partial charge in [0.25, 0.3) is 5.91 Å². The highest BCUT2D eigenvalue weighted by atomic mass is 35.5. The zero-order chi connectivity index (χ0) is 17.4. The SMILES string of the molecule is O=C(NOC1CCCCO1)c1cc2cc(Cl)cc(Cl)c2n2cnnc12. The van der Waals surface area contributed by atoms with E-state index in [4.69, 9.17) is 32.8 Å². The van der Waals surface area contributed by atoms with Gasteiger partial charge in [-0.1, -0.05) is 23.2 Å². The molecule has 25 heavy (non-hydrogen) atoms. The molecule has 1 atom stereocenters. The number of amides is 1. The van der Waals surface area contributed by atoms with Crippen LogP contribution in [0.3, 0.4) is 0 Å². The lowest BCUT2D eigenvalue weighted by molar-refractivity contribution is -0.186. The number of ether oxygens (including phenoxy) is 1. The summed E-state index contributed by atoms with van der Waals surface area (Å²) < 4.78 is 7.09. The Balaban J connectivity index is 1.70. The highest BCUT2D eigenvalue weighted by Gasteiger charge is 2.20. The molecule has 0 radical (unpaired) electrons. The molecule has 3 heterocycles. The molecular formula is C16H14Cl2N4O3. The van der Waals surface area contributed by atoms with Gasteiger partial charge in [0.05, 0.1) is 16.1 Å². The van der Waals surface area contributed by atoms with Gasteiger partial charge in [0, 0.05) is 23.4 Å². The molecule has 0 saturated carbocycles. The second-order valence-electron chi connectivity index (χ2n) is 5.75. The number of halogens is 2. The quantitative estimate of drug-likeness (QED) is 0.704. The number of nitrogens with zero attached hydrogens (tertiary/aromatic N) is 3. The van der Waals surface area contributed by atoms with Crippen molar-refractivity contribution in [3.63, 3.8) is 0 Å². The van der Waals surface area contributed by atoms with E-state index in [0.29, 0.717) is 38.8 Å². The van der Waals surface area contributed by atoms with Crippen LogP contribution in [-0.4, -0.2) is 33.4 Å². The third-order valence-corrected chi connectivity index (χ3v) is 4.56. The van der Waals surface area contributed by atoms with Gasteiger partial charge >= 0.3 is 0 Å². The van der Waals surface area contributed by atoms with E-state index in [2.05, 4.69) is 15.7 Å². The molecule has 3 aromatic rings. The minimum Gasteiger partial charge on any atom is -0.350 e. The molecule has 1 aliphatic heterocycles. The summed E-state index contributed by atoms with van der Waals surface area (Å²) in [5.41, 5.74) is 3.80. The Morgan fingerprint density at radius 1 is 1.32 bits per heavy atom. The van der Waals surface area contributed by atoms with E-state index in [1.54, 1.807) is 22.6 Å². The van der Waals surface area contributed by atoms with Crippen LogP contribution in [-0.2, 0) is 9.57 Å². The van der Waals surface area contributed by atoms with Crippen molar-refractivity contribution in [1.29, 1.82) is 0 Å². The molecule has 0 spiro atoms. The Kier molecular flexibility index (Phi) is 4.47. The molecule has 1 fully saturated rings. The van der Waals surface area contributed by atoms with E-state index in [1.165, 1.54) is 6.33 Å². The molecule has 2 aromatic heterocycles. The summed E-state index contributed by atoms with van der Waals surface area (Å²) in [6, 6.07) is 5.02. The molecule has 1 aliphatic rings. The van der Waals surface area contributed by atoms with Crippen LogP contribution in [0.4, 0.5) is 0 Å². The van der Waals surface area contributed by atoms with Gasteiger partial charge in [0.15, 0.2) is 11.9 Å². The average Bonchev–Trinajstić information content (AvgIpc) is 3.08. The number of aromatic nitrogens is 3. The van der Waals surface area contributed by atoms with E-state index >= 15 is 0 Å². The minimum atomic E-state index is -0.440. The normalized spacial score (nSPS) is 17.9. The van der Waals surface area contributed by atoms with Crippen LogP contribution >= 0.6 is 23.2 Å². The molecule has 0 bridgehead atoms. The van der Waals surface area contributed by atoms with E-state index in [9.17, 15) is 4.79 Å². The summed E-state index contributed by atoms with van der Waals surface area (Å²) in [6.07, 6.45) is 3.81. The highest BCUT2D eigenvalue weighted by molar-refractivity contribution is 6.38. The molecule has 0 aliphatic carbocycles. The number of rotatable bonds is 3. The van der Waals surface area contributed by atoms with Crippen LogP contribution in [0.5, 0.6) is 0 Å². The molecular weight excluding hydrogens is 367 g/mol. The largest absolute Gasteiger partial charge is 0.350 e. The second-order valence-corrected chi connectivity index (χ2v) is 6.60. The number of hydroxylamine groups is 1. The smallest absolute Gasteiger partial charge is 0.278 e. The average molecular weight is 381 g/mol. The molecule has 9 heteroatoms. The minimum absolute atomic E-state index is 0.305. The predicted molar refractivity (Wildman–Crippen MR) is 92.7 cm³/mol. The van der Waals surface area contributed by atoms with Gasteiger partial charge in [-0.2, -0.15) is 0 Å². The van der Waals surface area contributed by atoms with E-state index in [1.807, 2.05) is 0 Å². The topological polar surface area (TPSA) is 77.8 Å². The number of nitrogens with one attached hydrogen (secondary N) is 1. The van der Waals surface area contributed by atoms with Crippen LogP contribution in [0.15, 0.2) is 24.5 Å². The Morgan fingerprint density at radius 2 is 2.20 bits per heavy atom. The van der Waals surface area contributed by atoms with E-state index in [-0.39, 0.29) is 0 Å². The lowest BCUT2D eigenvalue weighted by Gasteiger charge is -2.22. The summed E-state index contributed by atoms with van der Waals surface area (Å²) in [6.45, 7) is 0.627. The Morgan fingerprint density at radius 3 is 3.00 bits per heavy atom. The van der Waals surface area contributed by atoms with Gasteiger partial charge in [-0.15, -0.1) is 10.2 Å². The zero-order valence-corrected chi connectivity index (χ0v) is 14.5. The first-order chi connectivity index (χ1) is 12.1. The summed E-state index contributed by atoms with van der Waals surface area (Å²) in [7, 11) is 0. The number of hydrogen-bond donors (Lipinski definition) is 1. The van der Waals surface area contributed by atoms with Gasteiger partial charge in [0.2, 0.25) is 0 Å². The van der Waals surface area contributed by atoms with Crippen molar-refractivity contribution in [3.05, 3.63) is 40.1 Å². The first kappa shape index (κ1) is 16.5. The van der Waals surface area contributed by atoms with Crippen molar-refractivity contribution in [3.8, 4) is 0 Å². The lowest BCUT2D eigenvalue weighted by atomic mass is 10.1. The highest BCUT2D eigenvalue weighted by Crippen LogP contribution is 2.30. The third-order valence-electron chi connectivity index (χ3n) is 4.05. The van der Waals surface area contributed by atoms with Gasteiger partial charge in [-0.25, -0.2) is 10.3 Å². The van der Waals surface area contributed by atoms with Crippen molar-refractivity contribution >= 4 is 45.7 Å². The Hall–Kier alpha value is -1.93. The van der Waals surface area contributed by atoms with Crippen molar-refractivity contribution in [2.45, 2.75) is 25.6 Å². The molecule has 1 amide bonds. The first-order valence-corrected chi connectivity index (χ1v) is 8.58. The predicted octanol–water partition coefficient (Wildman–Crippen LogP) is 3.38. The number of benzene rings is 1. The van der Waals surface area contributed by atoms with Gasteiger partial charge < -0.3 is 4.74 Å². The van der Waals surface area contributed by atoms with Crippen LogP contribution in [0.1, 0.15) is 29.6 Å². The standard InChI is InChI=1S/C16H14Cl2N4O3/c17-10-5-9-6-11(16(23)21-25-13-3-1-2-4-24-13)15-20-19-8-22(15)14(9)12(18)7-10/h5-8,13H,1-4H2,(H,21,23). The molecule has 4 rings (SSSR count). The molecule has 1 aromatic carbocycles. The monoisotopic (exact) mass is 380 g/mol. The van der Waals surface area contributed by atoms with Crippen LogP contribution in [0, 0.1) is 0 Å². The van der Waals surface area contributed by atoms with E-state index < -0.39 is 12.2 Å². The van der Waals surface area contributed by atoms with Crippen molar-refractivity contribution in [2.24, 2.45) is 0 Å². The van der Waals surface area contributed by atoms with Gasteiger partial charge in [-0.3, -0.25) is 9.20 Å². The van der Waals surface area contributed by atoms with Crippen LogP contribution < -0.4 is 5.48 Å². The van der Waals surface area contributed by atoms with Crippen molar-refractivity contribution in [1.82, 2.24) is 20.1 Å². The summed E-state index contributed by atoms with van der Waals surface area (Å²) in [4.78, 5) is 17.9. The fourth-order valence-electron chi connectivity index (χ4n) is 2.90. The summed E-state index contributed by atoms with van der Waals surface area (Å²) in [5, 5.41) is 9.53. The van der Waals surface area contributed by atoms with Crippen molar-refractivity contribution < 1.29 is 14.4 Å². The second kappa shape index (κ2) is 6.76. The first-order valence-electron chi connectivity index (χ1n) is 7.82. The van der Waals surface area contributed by atoms with Crippen LogP contribution in [0.25, 0.3) is 16.6 Å². The number of carbonyl (C=O) groups is 1. The number of fused-ring (bicyclic) bond motifs is 3. The fourth-order valence-corrected chi connectivity index (χ4v) is 3.50. The van der Waals surface area contributed by atoms with Gasteiger partial charge in [0.1, 0.15) is 6.33 Å². The maximum absolute atomic E-state index is 12.6. The fraction of sp³-hybridized carbons (Fsp3) is 0.312. The number of hydrogen-bond acceptors (Lipinski definition) is 5. The van der Waals surface area contributed by atoms with E-state index in [0.717, 1.165) is 19.3 Å². The molecule has 7 nitrogen and oxygen atoms in total. The lowest BCUT2D eigenvalue weighted by Crippen LogP contribution is -2.33. The Labute approximate surface area is 152 Å². The molecule has 1 saturated heterocycles. The number of pyridine rings is 1. The summed E-state index contributed by atoms with van der Waals surface area (Å²) >= 11 is 12.4. The Bertz CT molecular complexity index is 953. The third kappa shape index (κ3) is 3.16. The van der Waals surface area contributed by atoms with Gasteiger partial charge in [-0.05, 0) is 31.0 Å². The zero-order valence-electron chi connectivity index (χ0n) is 13.0. The molecule has 130 valence electrons. The maximum atomic E-state index is 12.6. The molecule has 1 N–H and O–H groups in total. The maximum Gasteiger partial charge on any atom is 0.278 e. The van der Waals surface area contributed by atoms with Crippen LogP contribution in [0.2, 0.25) is 10.0 Å². The molecule has 1 unspecified atom stereocenters. The summed E-state index contributed by atoms with van der Waals surface area (Å²) in [5.74, 6) is -0.440.